The third-order valence-corrected chi connectivity index (χ3v) is 7.70. The van der Waals surface area contributed by atoms with Gasteiger partial charge >= 0.3 is 0 Å². The molecule has 2 heterocycles. The molecule has 10 nitrogen and oxygen atoms in total. The molecule has 6 N–H and O–H groups in total. The van der Waals surface area contributed by atoms with E-state index < -0.39 is 48.0 Å². The van der Waals surface area contributed by atoms with E-state index in [0.717, 1.165) is 24.8 Å². The number of aromatic hydroxyl groups is 1. The number of phenols is 1. The molecule has 1 aliphatic heterocycles. The second-order valence-electron chi connectivity index (χ2n) is 10.4. The van der Waals surface area contributed by atoms with Crippen LogP contribution in [0.25, 0.3) is 0 Å². The molecule has 1 aromatic carbocycles. The fraction of sp³-hybridized carbons (Fsp3) is 0.500. The zero-order chi connectivity index (χ0) is 27.2. The summed E-state index contributed by atoms with van der Waals surface area (Å²) in [5.41, 5.74) is 1.40. The Morgan fingerprint density at radius 1 is 0.974 bits per heavy atom. The van der Waals surface area contributed by atoms with Gasteiger partial charge in [0.05, 0.1) is 24.1 Å². The van der Waals surface area contributed by atoms with Crippen molar-refractivity contribution in [2.75, 3.05) is 0 Å². The van der Waals surface area contributed by atoms with Gasteiger partial charge in [-0.2, -0.15) is 0 Å². The lowest BCUT2D eigenvalue weighted by molar-refractivity contribution is -0.137. The molecule has 204 valence electrons. The highest BCUT2D eigenvalue weighted by atomic mass is 16.3. The number of hydrogen-bond donors (Lipinski definition) is 6. The normalized spacial score (nSPS) is 29.2. The molecule has 6 unspecified atom stereocenters. The molecule has 2 aromatic rings. The summed E-state index contributed by atoms with van der Waals surface area (Å²) in [6.45, 7) is 3.50. The molecule has 0 radical (unpaired) electrons. The van der Waals surface area contributed by atoms with Crippen molar-refractivity contribution in [3.63, 3.8) is 0 Å². The summed E-state index contributed by atoms with van der Waals surface area (Å²) in [5.74, 6) is -2.00. The average molecular weight is 524 g/mol. The lowest BCUT2D eigenvalue weighted by Crippen LogP contribution is -2.64. The van der Waals surface area contributed by atoms with Crippen LogP contribution in [0.15, 0.2) is 48.8 Å². The summed E-state index contributed by atoms with van der Waals surface area (Å²) >= 11 is 0. The minimum absolute atomic E-state index is 0.00567. The topological polar surface area (TPSA) is 153 Å². The maximum atomic E-state index is 13.7. The van der Waals surface area contributed by atoms with Crippen LogP contribution in [0.4, 0.5) is 0 Å². The molecule has 10 heteroatoms. The number of nitrogens with one attached hydrogen (secondary N) is 4. The Morgan fingerprint density at radius 3 is 2.39 bits per heavy atom. The maximum absolute atomic E-state index is 13.7. The highest BCUT2D eigenvalue weighted by molar-refractivity contribution is 5.90. The molecule has 1 saturated heterocycles. The number of aliphatic hydroxyl groups excluding tert-OH is 1. The molecule has 1 saturated carbocycles. The van der Waals surface area contributed by atoms with Crippen LogP contribution in [0.2, 0.25) is 0 Å². The largest absolute Gasteiger partial charge is 0.508 e. The SMILES string of the molecule is CC1NC(=O)C(C2CCC2)NC(=O)C(C)C(O)C(Cc2cccnc2)NC(=O)C1NCc1ccccc1O. The summed E-state index contributed by atoms with van der Waals surface area (Å²) in [7, 11) is 0. The average Bonchev–Trinajstić information content (AvgIpc) is 2.87. The lowest BCUT2D eigenvalue weighted by atomic mass is 9.78. The Labute approximate surface area is 222 Å². The van der Waals surface area contributed by atoms with Crippen molar-refractivity contribution in [2.24, 2.45) is 11.8 Å². The van der Waals surface area contributed by atoms with E-state index >= 15 is 0 Å². The zero-order valence-electron chi connectivity index (χ0n) is 21.8. The van der Waals surface area contributed by atoms with Gasteiger partial charge in [-0.25, -0.2) is 0 Å². The number of carbonyl (C=O) groups excluding carboxylic acids is 3. The van der Waals surface area contributed by atoms with E-state index in [9.17, 15) is 24.6 Å². The first kappa shape index (κ1) is 27.5. The number of benzene rings is 1. The van der Waals surface area contributed by atoms with Gasteiger partial charge in [-0.15, -0.1) is 0 Å². The number of carbonyl (C=O) groups is 3. The Kier molecular flexibility index (Phi) is 8.96. The van der Waals surface area contributed by atoms with Gasteiger partial charge in [-0.1, -0.05) is 37.6 Å². The number of para-hydroxylation sites is 1. The molecule has 0 spiro atoms. The van der Waals surface area contributed by atoms with Crippen LogP contribution in [-0.2, 0) is 27.3 Å². The van der Waals surface area contributed by atoms with Crippen LogP contribution in [0.1, 0.15) is 44.2 Å². The first-order chi connectivity index (χ1) is 18.2. The fourth-order valence-corrected chi connectivity index (χ4v) is 5.04. The summed E-state index contributed by atoms with van der Waals surface area (Å²) in [5, 5.41) is 33.4. The molecule has 0 bridgehead atoms. The highest BCUT2D eigenvalue weighted by Crippen LogP contribution is 2.30. The van der Waals surface area contributed by atoms with E-state index in [1.807, 2.05) is 6.07 Å². The predicted octanol–water partition coefficient (Wildman–Crippen LogP) is 0.773. The Bertz CT molecular complexity index is 1130. The monoisotopic (exact) mass is 523 g/mol. The minimum Gasteiger partial charge on any atom is -0.508 e. The van der Waals surface area contributed by atoms with Crippen LogP contribution in [0.5, 0.6) is 5.75 Å². The summed E-state index contributed by atoms with van der Waals surface area (Å²) in [6, 6.07) is 7.37. The number of aromatic nitrogens is 1. The van der Waals surface area contributed by atoms with Crippen molar-refractivity contribution in [3.8, 4) is 5.75 Å². The summed E-state index contributed by atoms with van der Waals surface area (Å²) in [4.78, 5) is 44.2. The molecule has 1 aliphatic carbocycles. The number of amides is 3. The standard InChI is InChI=1S/C28H37N5O5/c1-16-25(35)21(13-18-7-6-12-29-14-18)32-27(37)23(30-15-20-8-3-4-11-22(20)34)17(2)31-28(38)24(33-26(16)36)19-9-5-10-19/h3-4,6-8,11-12,14,16-17,19,21,23-25,30,34-35H,5,9-10,13,15H2,1-2H3,(H,31,38)(H,32,37)(H,33,36). The van der Waals surface area contributed by atoms with Crippen LogP contribution in [-0.4, -0.2) is 63.2 Å². The number of hydrogen-bond acceptors (Lipinski definition) is 7. The quantitative estimate of drug-likeness (QED) is 0.327. The molecule has 1 aromatic heterocycles. The molecule has 38 heavy (non-hydrogen) atoms. The van der Waals surface area contributed by atoms with Gasteiger partial charge < -0.3 is 26.2 Å². The van der Waals surface area contributed by atoms with E-state index in [4.69, 9.17) is 0 Å². The van der Waals surface area contributed by atoms with Crippen LogP contribution < -0.4 is 21.3 Å². The van der Waals surface area contributed by atoms with E-state index in [-0.39, 0.29) is 30.5 Å². The van der Waals surface area contributed by atoms with Crippen molar-refractivity contribution in [1.29, 1.82) is 0 Å². The number of nitrogens with zero attached hydrogens (tertiary/aromatic N) is 1. The highest BCUT2D eigenvalue weighted by Gasteiger charge is 2.40. The predicted molar refractivity (Wildman–Crippen MR) is 141 cm³/mol. The third kappa shape index (κ3) is 6.49. The number of aliphatic hydroxyl groups is 1. The molecule has 6 atom stereocenters. The first-order valence-corrected chi connectivity index (χ1v) is 13.2. The maximum Gasteiger partial charge on any atom is 0.243 e. The Balaban J connectivity index is 1.63. The molecular formula is C28H37N5O5. The number of pyridine rings is 1. The Morgan fingerprint density at radius 2 is 1.74 bits per heavy atom. The van der Waals surface area contributed by atoms with E-state index in [1.54, 1.807) is 56.6 Å². The molecular weight excluding hydrogens is 486 g/mol. The van der Waals surface area contributed by atoms with Gasteiger partial charge in [0, 0.05) is 24.5 Å². The van der Waals surface area contributed by atoms with E-state index in [0.29, 0.717) is 5.56 Å². The van der Waals surface area contributed by atoms with Crippen molar-refractivity contribution in [3.05, 3.63) is 59.9 Å². The van der Waals surface area contributed by atoms with Crippen LogP contribution in [0.3, 0.4) is 0 Å². The van der Waals surface area contributed by atoms with Gasteiger partial charge in [0.2, 0.25) is 17.7 Å². The van der Waals surface area contributed by atoms with Crippen molar-refractivity contribution in [2.45, 2.75) is 76.3 Å². The van der Waals surface area contributed by atoms with Gasteiger partial charge in [0.1, 0.15) is 17.8 Å². The van der Waals surface area contributed by atoms with Crippen LogP contribution >= 0.6 is 0 Å². The minimum atomic E-state index is -1.21. The van der Waals surface area contributed by atoms with E-state index in [1.165, 1.54) is 0 Å². The van der Waals surface area contributed by atoms with Gasteiger partial charge in [0.25, 0.3) is 0 Å². The van der Waals surface area contributed by atoms with Crippen LogP contribution in [0, 0.1) is 11.8 Å². The van der Waals surface area contributed by atoms with Crippen molar-refractivity contribution in [1.82, 2.24) is 26.3 Å². The molecule has 3 amide bonds. The van der Waals surface area contributed by atoms with Crippen molar-refractivity contribution >= 4 is 17.7 Å². The summed E-state index contributed by atoms with van der Waals surface area (Å²) in [6.07, 6.45) is 4.97. The second-order valence-corrected chi connectivity index (χ2v) is 10.4. The van der Waals surface area contributed by atoms with Gasteiger partial charge in [-0.3, -0.25) is 24.7 Å². The molecule has 4 rings (SSSR count). The molecule has 2 aliphatic rings. The molecule has 2 fully saturated rings. The fourth-order valence-electron chi connectivity index (χ4n) is 5.04. The van der Waals surface area contributed by atoms with Crippen molar-refractivity contribution < 1.29 is 24.6 Å². The lowest BCUT2D eigenvalue weighted by Gasteiger charge is -2.37. The zero-order valence-corrected chi connectivity index (χ0v) is 21.8. The third-order valence-electron chi connectivity index (χ3n) is 7.70. The number of phenolic OH excluding ortho intramolecular Hbond substituents is 1. The smallest absolute Gasteiger partial charge is 0.243 e. The summed E-state index contributed by atoms with van der Waals surface area (Å²) < 4.78 is 0. The second kappa shape index (κ2) is 12.4. The number of rotatable bonds is 6. The van der Waals surface area contributed by atoms with Gasteiger partial charge in [-0.05, 0) is 49.8 Å². The Hall–Kier alpha value is -3.50. The van der Waals surface area contributed by atoms with E-state index in [2.05, 4.69) is 26.3 Å². The van der Waals surface area contributed by atoms with Gasteiger partial charge in [0.15, 0.2) is 0 Å². The first-order valence-electron chi connectivity index (χ1n) is 13.2.